The van der Waals surface area contributed by atoms with Crippen LogP contribution in [-0.4, -0.2) is 66.0 Å². The summed E-state index contributed by atoms with van der Waals surface area (Å²) in [7, 11) is 0. The summed E-state index contributed by atoms with van der Waals surface area (Å²) in [6.45, 7) is 3.98. The standard InChI is InChI=1S/C24H24F2N2O4/c25-18-6-2-16(3-7-18)21-20(22(29)17-4-8-19(26)9-5-17)23(30)24(31)28(21)11-1-10-27-12-14-32-15-13-27/h2-9,21,29H,1,10-15H2/t21-/m1/s1. The van der Waals surface area contributed by atoms with Crippen molar-refractivity contribution in [2.24, 2.45) is 0 Å². The van der Waals surface area contributed by atoms with Gasteiger partial charge in [-0.05, 0) is 48.4 Å². The lowest BCUT2D eigenvalue weighted by Gasteiger charge is -2.29. The van der Waals surface area contributed by atoms with E-state index < -0.39 is 29.4 Å². The second kappa shape index (κ2) is 9.58. The lowest BCUT2D eigenvalue weighted by Crippen LogP contribution is -2.38. The number of amides is 1. The Morgan fingerprint density at radius 1 is 0.938 bits per heavy atom. The monoisotopic (exact) mass is 442 g/mol. The third-order valence-corrected chi connectivity index (χ3v) is 5.82. The minimum atomic E-state index is -0.856. The highest BCUT2D eigenvalue weighted by molar-refractivity contribution is 6.46. The predicted molar refractivity (Wildman–Crippen MR) is 114 cm³/mol. The van der Waals surface area contributed by atoms with E-state index in [0.29, 0.717) is 31.7 Å². The van der Waals surface area contributed by atoms with Gasteiger partial charge in [-0.2, -0.15) is 0 Å². The van der Waals surface area contributed by atoms with Crippen LogP contribution in [0.1, 0.15) is 23.6 Å². The van der Waals surface area contributed by atoms with Gasteiger partial charge in [-0.15, -0.1) is 0 Å². The molecule has 2 heterocycles. The van der Waals surface area contributed by atoms with Crippen LogP contribution < -0.4 is 0 Å². The summed E-state index contributed by atoms with van der Waals surface area (Å²) in [5.41, 5.74) is 0.657. The van der Waals surface area contributed by atoms with Crippen LogP contribution in [0, 0.1) is 11.6 Å². The summed E-state index contributed by atoms with van der Waals surface area (Å²) in [4.78, 5) is 29.5. The van der Waals surface area contributed by atoms with E-state index in [1.54, 1.807) is 0 Å². The molecule has 0 saturated carbocycles. The van der Waals surface area contributed by atoms with Gasteiger partial charge in [0.05, 0.1) is 24.8 Å². The number of hydrogen-bond donors (Lipinski definition) is 1. The molecule has 1 N–H and O–H groups in total. The molecule has 168 valence electrons. The highest BCUT2D eigenvalue weighted by Crippen LogP contribution is 2.39. The van der Waals surface area contributed by atoms with Crippen molar-refractivity contribution in [2.45, 2.75) is 12.5 Å². The predicted octanol–water partition coefficient (Wildman–Crippen LogP) is 3.11. The number of morpholine rings is 1. The molecule has 2 saturated heterocycles. The van der Waals surface area contributed by atoms with Crippen molar-refractivity contribution < 1.29 is 28.2 Å². The van der Waals surface area contributed by atoms with Gasteiger partial charge in [-0.1, -0.05) is 12.1 Å². The summed E-state index contributed by atoms with van der Waals surface area (Å²) in [5.74, 6) is -2.84. The molecule has 2 fully saturated rings. The molecule has 1 atom stereocenters. The van der Waals surface area contributed by atoms with E-state index >= 15 is 0 Å². The Kier molecular flexibility index (Phi) is 6.62. The fraction of sp³-hybridized carbons (Fsp3) is 0.333. The van der Waals surface area contributed by atoms with Crippen molar-refractivity contribution in [3.8, 4) is 0 Å². The number of likely N-dealkylation sites (tertiary alicyclic amines) is 1. The maximum atomic E-state index is 13.5. The van der Waals surface area contributed by atoms with Crippen LogP contribution in [0.3, 0.4) is 0 Å². The molecule has 0 aliphatic carbocycles. The number of benzene rings is 2. The zero-order chi connectivity index (χ0) is 22.7. The zero-order valence-electron chi connectivity index (χ0n) is 17.5. The second-order valence-corrected chi connectivity index (χ2v) is 7.86. The van der Waals surface area contributed by atoms with Crippen molar-refractivity contribution in [3.05, 3.63) is 76.9 Å². The van der Waals surface area contributed by atoms with Gasteiger partial charge in [0.25, 0.3) is 11.7 Å². The number of aliphatic hydroxyl groups is 1. The molecule has 2 aromatic carbocycles. The molecule has 1 amide bonds. The van der Waals surface area contributed by atoms with E-state index in [4.69, 9.17) is 4.74 Å². The van der Waals surface area contributed by atoms with Gasteiger partial charge in [0, 0.05) is 31.7 Å². The van der Waals surface area contributed by atoms with Gasteiger partial charge < -0.3 is 14.7 Å². The minimum Gasteiger partial charge on any atom is -0.507 e. The summed E-state index contributed by atoms with van der Waals surface area (Å²) >= 11 is 0. The van der Waals surface area contributed by atoms with E-state index in [2.05, 4.69) is 4.90 Å². The van der Waals surface area contributed by atoms with Crippen LogP contribution in [0.25, 0.3) is 5.76 Å². The van der Waals surface area contributed by atoms with E-state index in [9.17, 15) is 23.5 Å². The molecule has 0 unspecified atom stereocenters. The molecule has 4 rings (SSSR count). The molecule has 0 bridgehead atoms. The average Bonchev–Trinajstić information content (AvgIpc) is 3.05. The first-order chi connectivity index (χ1) is 15.5. The van der Waals surface area contributed by atoms with Crippen molar-refractivity contribution in [1.29, 1.82) is 0 Å². The number of halogens is 2. The Labute approximate surface area is 184 Å². The van der Waals surface area contributed by atoms with Gasteiger partial charge in [0.2, 0.25) is 0 Å². The Hall–Kier alpha value is -3.10. The van der Waals surface area contributed by atoms with Crippen molar-refractivity contribution in [2.75, 3.05) is 39.4 Å². The molecule has 32 heavy (non-hydrogen) atoms. The van der Waals surface area contributed by atoms with E-state index in [1.165, 1.54) is 53.4 Å². The van der Waals surface area contributed by atoms with Gasteiger partial charge in [-0.25, -0.2) is 8.78 Å². The fourth-order valence-electron chi connectivity index (χ4n) is 4.15. The normalized spacial score (nSPS) is 21.3. The van der Waals surface area contributed by atoms with Crippen LogP contribution in [0.4, 0.5) is 8.78 Å². The van der Waals surface area contributed by atoms with Gasteiger partial charge in [0.15, 0.2) is 0 Å². The number of carbonyl (C=O) groups is 2. The number of nitrogens with zero attached hydrogens (tertiary/aromatic N) is 2. The zero-order valence-corrected chi connectivity index (χ0v) is 17.5. The molecule has 2 aromatic rings. The van der Waals surface area contributed by atoms with Crippen LogP contribution in [-0.2, 0) is 14.3 Å². The maximum absolute atomic E-state index is 13.5. The summed E-state index contributed by atoms with van der Waals surface area (Å²) in [5, 5.41) is 10.9. The molecule has 8 heteroatoms. The Morgan fingerprint density at radius 2 is 1.53 bits per heavy atom. The number of aliphatic hydroxyl groups excluding tert-OH is 1. The number of Topliss-reactive ketones (excluding diaryl/α,β-unsaturated/α-hetero) is 1. The Bertz CT molecular complexity index is 1020. The number of hydrogen-bond acceptors (Lipinski definition) is 5. The topological polar surface area (TPSA) is 70.1 Å². The lowest BCUT2D eigenvalue weighted by atomic mass is 9.95. The minimum absolute atomic E-state index is 0.0837. The SMILES string of the molecule is O=C1C(=O)N(CCCN2CCOCC2)[C@H](c2ccc(F)cc2)C1=C(O)c1ccc(F)cc1. The highest BCUT2D eigenvalue weighted by Gasteiger charge is 2.45. The van der Waals surface area contributed by atoms with Crippen LogP contribution >= 0.6 is 0 Å². The third kappa shape index (κ3) is 4.56. The van der Waals surface area contributed by atoms with E-state index in [0.717, 1.165) is 19.6 Å². The summed E-state index contributed by atoms with van der Waals surface area (Å²) < 4.78 is 32.2. The van der Waals surface area contributed by atoms with E-state index in [-0.39, 0.29) is 16.9 Å². The Morgan fingerprint density at radius 3 is 2.16 bits per heavy atom. The number of ether oxygens (including phenoxy) is 1. The Balaban J connectivity index is 1.66. The lowest BCUT2D eigenvalue weighted by molar-refractivity contribution is -0.140. The number of ketones is 1. The first kappa shape index (κ1) is 22.1. The van der Waals surface area contributed by atoms with Crippen LogP contribution in [0.15, 0.2) is 54.1 Å². The number of rotatable bonds is 6. The summed E-state index contributed by atoms with van der Waals surface area (Å²) in [6, 6.07) is 9.67. The third-order valence-electron chi connectivity index (χ3n) is 5.82. The first-order valence-electron chi connectivity index (χ1n) is 10.6. The molecule has 2 aliphatic rings. The molecule has 6 nitrogen and oxygen atoms in total. The molecule has 0 aromatic heterocycles. The molecule has 2 aliphatic heterocycles. The smallest absolute Gasteiger partial charge is 0.295 e. The fourth-order valence-corrected chi connectivity index (χ4v) is 4.15. The number of carbonyl (C=O) groups excluding carboxylic acids is 2. The highest BCUT2D eigenvalue weighted by atomic mass is 19.1. The van der Waals surface area contributed by atoms with Crippen LogP contribution in [0.5, 0.6) is 0 Å². The average molecular weight is 442 g/mol. The van der Waals surface area contributed by atoms with Crippen molar-refractivity contribution in [1.82, 2.24) is 9.80 Å². The van der Waals surface area contributed by atoms with E-state index in [1.807, 2.05) is 0 Å². The molecular formula is C24H24F2N2O4. The van der Waals surface area contributed by atoms with Crippen LogP contribution in [0.2, 0.25) is 0 Å². The van der Waals surface area contributed by atoms with Gasteiger partial charge in [0.1, 0.15) is 17.4 Å². The van der Waals surface area contributed by atoms with Crippen molar-refractivity contribution in [3.63, 3.8) is 0 Å². The molecular weight excluding hydrogens is 418 g/mol. The van der Waals surface area contributed by atoms with Gasteiger partial charge in [-0.3, -0.25) is 14.5 Å². The van der Waals surface area contributed by atoms with Crippen molar-refractivity contribution >= 4 is 17.4 Å². The maximum Gasteiger partial charge on any atom is 0.295 e. The second-order valence-electron chi connectivity index (χ2n) is 7.86. The van der Waals surface area contributed by atoms with Gasteiger partial charge >= 0.3 is 0 Å². The first-order valence-corrected chi connectivity index (χ1v) is 10.6. The molecule has 0 radical (unpaired) electrons. The summed E-state index contributed by atoms with van der Waals surface area (Å²) in [6.07, 6.45) is 0.626. The quantitative estimate of drug-likeness (QED) is 0.423. The molecule has 0 spiro atoms. The largest absolute Gasteiger partial charge is 0.507 e.